The Labute approximate surface area is 182 Å². The molecule has 31 heavy (non-hydrogen) atoms. The van der Waals surface area contributed by atoms with Crippen molar-refractivity contribution in [3.8, 4) is 0 Å². The predicted octanol–water partition coefficient (Wildman–Crippen LogP) is 2.57. The Hall–Kier alpha value is -2.64. The molecule has 2 amide bonds. The van der Waals surface area contributed by atoms with Crippen molar-refractivity contribution in [1.29, 1.82) is 0 Å². The minimum Gasteiger partial charge on any atom is -0.465 e. The number of fused-ring (bicyclic) bond motifs is 2. The average molecular weight is 424 g/mol. The van der Waals surface area contributed by atoms with Gasteiger partial charge >= 0.3 is 0 Å². The lowest BCUT2D eigenvalue weighted by Gasteiger charge is -2.41. The molecule has 0 spiro atoms. The molecule has 3 aliphatic heterocycles. The van der Waals surface area contributed by atoms with E-state index in [9.17, 15) is 14.7 Å². The monoisotopic (exact) mass is 423 g/mol. The van der Waals surface area contributed by atoms with Gasteiger partial charge in [-0.05, 0) is 56.9 Å². The number of rotatable bonds is 4. The van der Waals surface area contributed by atoms with Crippen molar-refractivity contribution in [2.45, 2.75) is 50.8 Å². The second-order valence-corrected chi connectivity index (χ2v) is 9.11. The van der Waals surface area contributed by atoms with E-state index in [-0.39, 0.29) is 18.4 Å². The van der Waals surface area contributed by atoms with Crippen LogP contribution < -0.4 is 4.90 Å². The van der Waals surface area contributed by atoms with Gasteiger partial charge in [0.1, 0.15) is 17.6 Å². The molecule has 2 saturated heterocycles. The lowest BCUT2D eigenvalue weighted by atomic mass is 9.90. The molecule has 1 N–H and O–H groups in total. The molecule has 7 nitrogen and oxygen atoms in total. The normalized spacial score (nSPS) is 23.6. The Morgan fingerprint density at radius 1 is 1.10 bits per heavy atom. The van der Waals surface area contributed by atoms with Crippen LogP contribution in [-0.4, -0.2) is 64.5 Å². The third-order valence-electron chi connectivity index (χ3n) is 6.90. The summed E-state index contributed by atoms with van der Waals surface area (Å²) in [6.07, 6.45) is 2.66. The van der Waals surface area contributed by atoms with Crippen molar-refractivity contribution < 1.29 is 19.1 Å². The number of hydrogen-bond donors (Lipinski definition) is 1. The number of aliphatic hydroxyl groups is 1. The Morgan fingerprint density at radius 3 is 2.61 bits per heavy atom. The van der Waals surface area contributed by atoms with Crippen LogP contribution in [-0.2, 0) is 11.3 Å². The Morgan fingerprint density at radius 2 is 1.87 bits per heavy atom. The number of para-hydroxylation sites is 1. The first kappa shape index (κ1) is 20.3. The number of carbonyl (C=O) groups is 2. The van der Waals surface area contributed by atoms with Gasteiger partial charge < -0.3 is 19.3 Å². The molecule has 0 unspecified atom stereocenters. The zero-order valence-electron chi connectivity index (χ0n) is 17.9. The maximum atomic E-state index is 13.5. The van der Waals surface area contributed by atoms with Crippen LogP contribution in [0.1, 0.15) is 47.6 Å². The van der Waals surface area contributed by atoms with Gasteiger partial charge in [-0.15, -0.1) is 0 Å². The van der Waals surface area contributed by atoms with Gasteiger partial charge in [-0.25, -0.2) is 0 Å². The summed E-state index contributed by atoms with van der Waals surface area (Å²) in [5, 5.41) is 11.4. The van der Waals surface area contributed by atoms with Crippen molar-refractivity contribution in [3.05, 3.63) is 53.5 Å². The van der Waals surface area contributed by atoms with E-state index in [1.165, 1.54) is 0 Å². The predicted molar refractivity (Wildman–Crippen MR) is 116 cm³/mol. The number of amides is 2. The van der Waals surface area contributed by atoms with Crippen LogP contribution in [0, 0.1) is 6.92 Å². The average Bonchev–Trinajstić information content (AvgIpc) is 3.40. The molecule has 3 aliphatic rings. The van der Waals surface area contributed by atoms with Crippen molar-refractivity contribution in [2.24, 2.45) is 0 Å². The molecule has 0 bridgehead atoms. The van der Waals surface area contributed by atoms with E-state index in [0.29, 0.717) is 37.1 Å². The number of hydrogen-bond acceptors (Lipinski definition) is 5. The van der Waals surface area contributed by atoms with E-state index in [4.69, 9.17) is 4.42 Å². The number of furan rings is 1. The third kappa shape index (κ3) is 3.77. The molecule has 2 fully saturated rings. The Balaban J connectivity index is 1.34. The van der Waals surface area contributed by atoms with Crippen LogP contribution >= 0.6 is 0 Å². The lowest BCUT2D eigenvalue weighted by molar-refractivity contribution is -0.123. The maximum absolute atomic E-state index is 13.5. The van der Waals surface area contributed by atoms with Gasteiger partial charge in [0.2, 0.25) is 5.91 Å². The second-order valence-electron chi connectivity index (χ2n) is 9.11. The molecule has 4 heterocycles. The molecule has 0 radical (unpaired) electrons. The first-order valence-electron chi connectivity index (χ1n) is 11.1. The smallest absolute Gasteiger partial charge is 0.256 e. The molecule has 0 aliphatic carbocycles. The van der Waals surface area contributed by atoms with Crippen LogP contribution in [0.5, 0.6) is 0 Å². The molecule has 1 aromatic heterocycles. The molecule has 2 aromatic rings. The topological polar surface area (TPSA) is 77.2 Å². The maximum Gasteiger partial charge on any atom is 0.256 e. The third-order valence-corrected chi connectivity index (χ3v) is 6.90. The summed E-state index contributed by atoms with van der Waals surface area (Å²) in [6, 6.07) is 10.8. The van der Waals surface area contributed by atoms with E-state index >= 15 is 0 Å². The summed E-state index contributed by atoms with van der Waals surface area (Å²) in [5.74, 6) is 1.68. The van der Waals surface area contributed by atoms with Crippen molar-refractivity contribution >= 4 is 17.5 Å². The Bertz CT molecular complexity index is 992. The van der Waals surface area contributed by atoms with Crippen LogP contribution in [0.15, 0.2) is 40.8 Å². The van der Waals surface area contributed by atoms with Gasteiger partial charge in [0, 0.05) is 19.6 Å². The molecule has 0 saturated carbocycles. The van der Waals surface area contributed by atoms with Gasteiger partial charge in [0.05, 0.1) is 29.9 Å². The number of β-amino-alcohol motifs (C(OH)–C–C–N with tert-alkyl or cyclic N) is 1. The molecular weight excluding hydrogens is 394 g/mol. The molecule has 164 valence electrons. The number of piperidine rings is 1. The fraction of sp³-hybridized carbons (Fsp3) is 0.500. The van der Waals surface area contributed by atoms with E-state index < -0.39 is 11.6 Å². The fourth-order valence-electron chi connectivity index (χ4n) is 5.14. The molecular formula is C24H29N3O4. The number of benzene rings is 1. The number of likely N-dealkylation sites (tertiary alicyclic amines) is 1. The van der Waals surface area contributed by atoms with Gasteiger partial charge in [-0.2, -0.15) is 0 Å². The summed E-state index contributed by atoms with van der Waals surface area (Å²) >= 11 is 0. The van der Waals surface area contributed by atoms with Gasteiger partial charge in [0.15, 0.2) is 0 Å². The van der Waals surface area contributed by atoms with Crippen molar-refractivity contribution in [1.82, 2.24) is 9.80 Å². The lowest BCUT2D eigenvalue weighted by Crippen LogP contribution is -2.54. The van der Waals surface area contributed by atoms with Crippen LogP contribution in [0.4, 0.5) is 5.69 Å². The van der Waals surface area contributed by atoms with E-state index in [1.54, 1.807) is 15.9 Å². The highest BCUT2D eigenvalue weighted by Crippen LogP contribution is 2.35. The SMILES string of the molecule is Cc1ccc(CN2CCC(O)(CN3C(=O)[C@H]4CCCN4C(=O)c4ccccc43)CC2)o1. The van der Waals surface area contributed by atoms with E-state index in [2.05, 4.69) is 4.90 Å². The van der Waals surface area contributed by atoms with Crippen LogP contribution in [0.25, 0.3) is 0 Å². The zero-order chi connectivity index (χ0) is 21.6. The van der Waals surface area contributed by atoms with Crippen molar-refractivity contribution in [2.75, 3.05) is 31.1 Å². The highest BCUT2D eigenvalue weighted by molar-refractivity contribution is 6.11. The van der Waals surface area contributed by atoms with E-state index in [0.717, 1.165) is 37.6 Å². The standard InChI is InChI=1S/C24H29N3O4/c1-17-8-9-18(31-17)15-25-13-10-24(30,11-14-25)16-27-20-6-3-2-5-19(20)22(28)26-12-4-7-21(26)23(27)29/h2-3,5-6,8-9,21,30H,4,7,10-16H2,1H3/t21-/m1/s1. The molecule has 1 atom stereocenters. The minimum atomic E-state index is -0.977. The number of nitrogens with zero attached hydrogens (tertiary/aromatic N) is 3. The molecule has 1 aromatic carbocycles. The van der Waals surface area contributed by atoms with Crippen LogP contribution in [0.3, 0.4) is 0 Å². The first-order valence-corrected chi connectivity index (χ1v) is 11.1. The summed E-state index contributed by atoms with van der Waals surface area (Å²) < 4.78 is 5.68. The summed E-state index contributed by atoms with van der Waals surface area (Å²) in [7, 11) is 0. The van der Waals surface area contributed by atoms with Crippen molar-refractivity contribution in [3.63, 3.8) is 0 Å². The van der Waals surface area contributed by atoms with Gasteiger partial charge in [-0.3, -0.25) is 14.5 Å². The highest BCUT2D eigenvalue weighted by atomic mass is 16.3. The second kappa shape index (κ2) is 7.80. The minimum absolute atomic E-state index is 0.0716. The van der Waals surface area contributed by atoms with Gasteiger partial charge in [0.25, 0.3) is 5.91 Å². The highest BCUT2D eigenvalue weighted by Gasteiger charge is 2.44. The summed E-state index contributed by atoms with van der Waals surface area (Å²) in [6.45, 7) is 4.95. The first-order chi connectivity index (χ1) is 14.9. The Kier molecular flexibility index (Phi) is 5.10. The molecule has 7 heteroatoms. The van der Waals surface area contributed by atoms with Gasteiger partial charge in [-0.1, -0.05) is 12.1 Å². The zero-order valence-corrected chi connectivity index (χ0v) is 17.9. The number of anilines is 1. The number of aryl methyl sites for hydroxylation is 1. The van der Waals surface area contributed by atoms with Crippen LogP contribution in [0.2, 0.25) is 0 Å². The molecule has 5 rings (SSSR count). The summed E-state index contributed by atoms with van der Waals surface area (Å²) in [5.41, 5.74) is 0.193. The number of carbonyl (C=O) groups excluding carboxylic acids is 2. The quantitative estimate of drug-likeness (QED) is 0.818. The van der Waals surface area contributed by atoms with E-state index in [1.807, 2.05) is 37.3 Å². The summed E-state index contributed by atoms with van der Waals surface area (Å²) in [4.78, 5) is 32.2. The fourth-order valence-corrected chi connectivity index (χ4v) is 5.14. The largest absolute Gasteiger partial charge is 0.465 e.